The van der Waals surface area contributed by atoms with Gasteiger partial charge in [-0.25, -0.2) is 4.39 Å². The van der Waals surface area contributed by atoms with Gasteiger partial charge in [-0.05, 0) is 59.0 Å². The molecule has 1 heterocycles. The lowest BCUT2D eigenvalue weighted by atomic mass is 9.87. The molecule has 4 rings (SSSR count). The molecule has 0 aliphatic carbocycles. The van der Waals surface area contributed by atoms with Crippen LogP contribution < -0.4 is 15.2 Å². The van der Waals surface area contributed by atoms with Crippen molar-refractivity contribution in [1.29, 1.82) is 0 Å². The maximum atomic E-state index is 13.2. The summed E-state index contributed by atoms with van der Waals surface area (Å²) in [5.74, 6) is 0.888. The number of primary amides is 1. The van der Waals surface area contributed by atoms with Crippen LogP contribution in [0.2, 0.25) is 0 Å². The normalized spacial score (nSPS) is 11.5. The van der Waals surface area contributed by atoms with Crippen LogP contribution in [0.5, 0.6) is 11.5 Å². The standard InChI is InChI=1S/C28H28FNO4/c1-28(2,3)19-6-10-21(11-7-19)32-14-15-33-22-12-13-24-23(17-22)26(27(30)31)25(34-24)16-18-4-8-20(29)9-5-18/h4-13,17H,14-16H2,1-3H3,(H2,30,31). The van der Waals surface area contributed by atoms with Gasteiger partial charge in [-0.15, -0.1) is 0 Å². The highest BCUT2D eigenvalue weighted by Crippen LogP contribution is 2.31. The molecular formula is C28H28FNO4. The third-order valence-electron chi connectivity index (χ3n) is 5.60. The second-order valence-corrected chi connectivity index (χ2v) is 9.20. The van der Waals surface area contributed by atoms with E-state index in [1.807, 2.05) is 12.1 Å². The summed E-state index contributed by atoms with van der Waals surface area (Å²) >= 11 is 0. The van der Waals surface area contributed by atoms with Crippen molar-refractivity contribution in [2.24, 2.45) is 5.73 Å². The predicted octanol–water partition coefficient (Wildman–Crippen LogP) is 6.02. The Kier molecular flexibility index (Phi) is 6.59. The highest BCUT2D eigenvalue weighted by molar-refractivity contribution is 6.06. The number of amides is 1. The Balaban J connectivity index is 1.43. The average Bonchev–Trinajstić information content (AvgIpc) is 3.15. The fourth-order valence-electron chi connectivity index (χ4n) is 3.77. The van der Waals surface area contributed by atoms with Gasteiger partial charge in [0.25, 0.3) is 5.91 Å². The number of furan rings is 1. The first-order valence-electron chi connectivity index (χ1n) is 11.2. The smallest absolute Gasteiger partial charge is 0.252 e. The first kappa shape index (κ1) is 23.4. The Morgan fingerprint density at radius 3 is 2.15 bits per heavy atom. The lowest BCUT2D eigenvalue weighted by Gasteiger charge is -2.19. The van der Waals surface area contributed by atoms with Gasteiger partial charge in [0.1, 0.15) is 41.9 Å². The largest absolute Gasteiger partial charge is 0.490 e. The molecule has 1 amide bonds. The topological polar surface area (TPSA) is 74.7 Å². The van der Waals surface area contributed by atoms with E-state index in [0.29, 0.717) is 47.7 Å². The molecule has 5 nitrogen and oxygen atoms in total. The highest BCUT2D eigenvalue weighted by atomic mass is 19.1. The van der Waals surface area contributed by atoms with Crippen molar-refractivity contribution in [3.63, 3.8) is 0 Å². The molecule has 0 radical (unpaired) electrons. The van der Waals surface area contributed by atoms with Gasteiger partial charge in [-0.1, -0.05) is 45.0 Å². The van der Waals surface area contributed by atoms with E-state index in [0.717, 1.165) is 11.3 Å². The van der Waals surface area contributed by atoms with Crippen LogP contribution in [0.1, 0.15) is 48.0 Å². The predicted molar refractivity (Wildman–Crippen MR) is 130 cm³/mol. The highest BCUT2D eigenvalue weighted by Gasteiger charge is 2.20. The molecule has 34 heavy (non-hydrogen) atoms. The second kappa shape index (κ2) is 9.59. The van der Waals surface area contributed by atoms with Crippen molar-refractivity contribution < 1.29 is 23.1 Å². The van der Waals surface area contributed by atoms with Crippen LogP contribution in [0.3, 0.4) is 0 Å². The van der Waals surface area contributed by atoms with Crippen LogP contribution in [-0.2, 0) is 11.8 Å². The fourth-order valence-corrected chi connectivity index (χ4v) is 3.77. The van der Waals surface area contributed by atoms with Crippen LogP contribution >= 0.6 is 0 Å². The number of rotatable bonds is 8. The molecule has 0 bridgehead atoms. The summed E-state index contributed by atoms with van der Waals surface area (Å²) in [6.07, 6.45) is 0.325. The second-order valence-electron chi connectivity index (χ2n) is 9.20. The van der Waals surface area contributed by atoms with Gasteiger partial charge in [0.05, 0.1) is 5.56 Å². The lowest BCUT2D eigenvalue weighted by Crippen LogP contribution is -2.13. The van der Waals surface area contributed by atoms with Crippen LogP contribution in [0.4, 0.5) is 4.39 Å². The third kappa shape index (κ3) is 5.39. The molecule has 1 aromatic heterocycles. The van der Waals surface area contributed by atoms with E-state index in [1.54, 1.807) is 30.3 Å². The molecule has 176 valence electrons. The summed E-state index contributed by atoms with van der Waals surface area (Å²) < 4.78 is 30.7. The quantitative estimate of drug-likeness (QED) is 0.326. The number of fused-ring (bicyclic) bond motifs is 1. The molecule has 0 fully saturated rings. The van der Waals surface area contributed by atoms with Crippen molar-refractivity contribution in [2.45, 2.75) is 32.6 Å². The Labute approximate surface area is 198 Å². The minimum absolute atomic E-state index is 0.0933. The maximum Gasteiger partial charge on any atom is 0.252 e. The zero-order valence-electron chi connectivity index (χ0n) is 19.6. The molecule has 6 heteroatoms. The van der Waals surface area contributed by atoms with Gasteiger partial charge < -0.3 is 19.6 Å². The van der Waals surface area contributed by atoms with Crippen LogP contribution in [-0.4, -0.2) is 19.1 Å². The molecule has 4 aromatic rings. The average molecular weight is 462 g/mol. The van der Waals surface area contributed by atoms with E-state index in [2.05, 4.69) is 32.9 Å². The molecule has 0 saturated heterocycles. The molecule has 0 spiro atoms. The maximum absolute atomic E-state index is 13.2. The lowest BCUT2D eigenvalue weighted by molar-refractivity contribution is 0.1000. The van der Waals surface area contributed by atoms with E-state index in [4.69, 9.17) is 19.6 Å². The Morgan fingerprint density at radius 2 is 1.53 bits per heavy atom. The zero-order valence-corrected chi connectivity index (χ0v) is 19.6. The number of nitrogens with two attached hydrogens (primary N) is 1. The SMILES string of the molecule is CC(C)(C)c1ccc(OCCOc2ccc3oc(Cc4ccc(F)cc4)c(C(N)=O)c3c2)cc1. The van der Waals surface area contributed by atoms with Crippen LogP contribution in [0, 0.1) is 5.82 Å². The monoisotopic (exact) mass is 461 g/mol. The van der Waals surface area contributed by atoms with Crippen LogP contribution in [0.25, 0.3) is 11.0 Å². The van der Waals surface area contributed by atoms with E-state index >= 15 is 0 Å². The van der Waals surface area contributed by atoms with Gasteiger partial charge in [-0.2, -0.15) is 0 Å². The zero-order chi connectivity index (χ0) is 24.3. The summed E-state index contributed by atoms with van der Waals surface area (Å²) in [7, 11) is 0. The number of halogens is 1. The molecule has 0 aliphatic rings. The number of benzene rings is 3. The Hall–Kier alpha value is -3.80. The van der Waals surface area contributed by atoms with Crippen molar-refractivity contribution in [3.05, 3.63) is 95.0 Å². The molecule has 2 N–H and O–H groups in total. The van der Waals surface area contributed by atoms with Crippen LogP contribution in [0.15, 0.2) is 71.1 Å². The van der Waals surface area contributed by atoms with Gasteiger partial charge in [0.15, 0.2) is 0 Å². The number of hydrogen-bond acceptors (Lipinski definition) is 4. The first-order valence-corrected chi connectivity index (χ1v) is 11.2. The molecule has 0 saturated carbocycles. The molecule has 0 aliphatic heterocycles. The Morgan fingerprint density at radius 1 is 0.912 bits per heavy atom. The van der Waals surface area contributed by atoms with E-state index in [-0.39, 0.29) is 11.2 Å². The summed E-state index contributed by atoms with van der Waals surface area (Å²) in [6.45, 7) is 7.21. The van der Waals surface area contributed by atoms with Crippen molar-refractivity contribution in [2.75, 3.05) is 13.2 Å². The van der Waals surface area contributed by atoms with Gasteiger partial charge in [0, 0.05) is 11.8 Å². The van der Waals surface area contributed by atoms with Crippen molar-refractivity contribution in [3.8, 4) is 11.5 Å². The fraction of sp³-hybridized carbons (Fsp3) is 0.250. The summed E-state index contributed by atoms with van der Waals surface area (Å²) in [5.41, 5.74) is 8.65. The Bertz CT molecular complexity index is 1290. The van der Waals surface area contributed by atoms with Gasteiger partial charge in [0.2, 0.25) is 0 Å². The van der Waals surface area contributed by atoms with E-state index in [1.165, 1.54) is 17.7 Å². The molecule has 0 unspecified atom stereocenters. The summed E-state index contributed by atoms with van der Waals surface area (Å²) in [6, 6.07) is 19.4. The van der Waals surface area contributed by atoms with E-state index in [9.17, 15) is 9.18 Å². The van der Waals surface area contributed by atoms with Gasteiger partial charge >= 0.3 is 0 Å². The molecule has 0 atom stereocenters. The van der Waals surface area contributed by atoms with E-state index < -0.39 is 5.91 Å². The number of carbonyl (C=O) groups is 1. The minimum Gasteiger partial charge on any atom is -0.490 e. The van der Waals surface area contributed by atoms with Crippen molar-refractivity contribution in [1.82, 2.24) is 0 Å². The third-order valence-corrected chi connectivity index (χ3v) is 5.60. The summed E-state index contributed by atoms with van der Waals surface area (Å²) in [5, 5.41) is 0.584. The molecular weight excluding hydrogens is 433 g/mol. The minimum atomic E-state index is -0.588. The first-order chi connectivity index (χ1) is 16.2. The van der Waals surface area contributed by atoms with Gasteiger partial charge in [-0.3, -0.25) is 4.79 Å². The number of carbonyl (C=O) groups excluding carboxylic acids is 1. The number of hydrogen-bond donors (Lipinski definition) is 1. The molecule has 3 aromatic carbocycles. The summed E-state index contributed by atoms with van der Waals surface area (Å²) in [4.78, 5) is 12.2. The number of ether oxygens (including phenoxy) is 2. The van der Waals surface area contributed by atoms with Crippen molar-refractivity contribution >= 4 is 16.9 Å².